The molecule has 0 saturated carbocycles. The predicted octanol–water partition coefficient (Wildman–Crippen LogP) is 19.4. The van der Waals surface area contributed by atoms with Crippen LogP contribution >= 0.6 is 0 Å². The number of carbonyl (C=O) groups excluding carboxylic acids is 4. The van der Waals surface area contributed by atoms with Crippen LogP contribution in [0.25, 0.3) is 0 Å². The first-order valence-corrected chi connectivity index (χ1v) is 32.7. The van der Waals surface area contributed by atoms with Crippen LogP contribution in [-0.4, -0.2) is 49.8 Å². The number of hydrogen-bond donors (Lipinski definition) is 4. The van der Waals surface area contributed by atoms with Gasteiger partial charge in [0.25, 0.3) is 23.6 Å². The second-order valence-corrected chi connectivity index (χ2v) is 22.5. The van der Waals surface area contributed by atoms with Gasteiger partial charge in [0.1, 0.15) is 0 Å². The van der Waals surface area contributed by atoms with Gasteiger partial charge in [-0.25, -0.2) is 0 Å². The van der Waals surface area contributed by atoms with Crippen molar-refractivity contribution in [3.8, 4) is 0 Å². The maximum atomic E-state index is 14.1. The van der Waals surface area contributed by atoms with E-state index in [4.69, 9.17) is 0 Å². The number of rotatable bonds is 56. The Hall–Kier alpha value is -2.90. The highest BCUT2D eigenvalue weighted by atomic mass is 16.2. The molecule has 0 aliphatic rings. The van der Waals surface area contributed by atoms with Crippen molar-refractivity contribution >= 4 is 23.6 Å². The molecule has 74 heavy (non-hydrogen) atoms. The van der Waals surface area contributed by atoms with Crippen molar-refractivity contribution in [1.82, 2.24) is 21.3 Å². The third kappa shape index (κ3) is 40.4. The topological polar surface area (TPSA) is 116 Å². The fourth-order valence-electron chi connectivity index (χ4n) is 10.4. The molecule has 1 rings (SSSR count). The first kappa shape index (κ1) is 69.1. The molecule has 0 bridgehead atoms. The molecule has 0 atom stereocenters. The zero-order valence-electron chi connectivity index (χ0n) is 49.6. The SMILES string of the molecule is CCCCCCCCCCCCCCNC(=O)c1cc(C(=O)NCCCCCCCCCCCCCC)c(C(=O)NCCCCCCCCCCCCCC)cc1C(=O)NCCCCCCCCCCCCCC. The molecule has 4 amide bonds. The van der Waals surface area contributed by atoms with Crippen LogP contribution in [0.2, 0.25) is 0 Å². The minimum Gasteiger partial charge on any atom is -0.352 e. The van der Waals surface area contributed by atoms with Gasteiger partial charge in [0, 0.05) is 26.2 Å². The van der Waals surface area contributed by atoms with Crippen molar-refractivity contribution < 1.29 is 19.2 Å². The number of unbranched alkanes of at least 4 members (excludes halogenated alkanes) is 44. The van der Waals surface area contributed by atoms with Crippen molar-refractivity contribution in [2.75, 3.05) is 26.2 Å². The number of amides is 4. The lowest BCUT2D eigenvalue weighted by atomic mass is 9.95. The molecule has 0 aliphatic heterocycles. The molecule has 8 heteroatoms. The Morgan fingerprint density at radius 1 is 0.216 bits per heavy atom. The molecule has 1 aromatic rings. The molecule has 0 aliphatic carbocycles. The van der Waals surface area contributed by atoms with Gasteiger partial charge in [0.15, 0.2) is 0 Å². The van der Waals surface area contributed by atoms with Crippen LogP contribution in [0.1, 0.15) is 377 Å². The zero-order chi connectivity index (χ0) is 53.6. The molecular formula is C66H122N4O4. The number of hydrogen-bond acceptors (Lipinski definition) is 4. The quantitative estimate of drug-likeness (QED) is 0.0486. The Morgan fingerprint density at radius 2 is 0.338 bits per heavy atom. The standard InChI is InChI=1S/C66H122N4O4/c1-5-9-13-17-21-25-29-33-37-41-45-49-53-67-63(71)59-57-61(65(73)69-55-51-47-43-39-35-31-27-23-19-15-11-7-3)62(66(74)70-56-52-48-44-40-36-32-28-24-20-16-12-8-4)58-60(59)64(72)68-54-50-46-42-38-34-30-26-22-18-14-10-6-2/h57-58H,5-56H2,1-4H3,(H,67,71)(H,68,72)(H,69,73)(H,70,74). The van der Waals surface area contributed by atoms with Gasteiger partial charge >= 0.3 is 0 Å². The maximum Gasteiger partial charge on any atom is 0.252 e. The van der Waals surface area contributed by atoms with Crippen LogP contribution in [0.3, 0.4) is 0 Å². The van der Waals surface area contributed by atoms with E-state index in [-0.39, 0.29) is 45.9 Å². The predicted molar refractivity (Wildman–Crippen MR) is 320 cm³/mol. The van der Waals surface area contributed by atoms with Gasteiger partial charge in [-0.3, -0.25) is 19.2 Å². The van der Waals surface area contributed by atoms with Gasteiger partial charge < -0.3 is 21.3 Å². The Kier molecular flexibility index (Phi) is 50.0. The molecule has 4 N–H and O–H groups in total. The van der Waals surface area contributed by atoms with Crippen molar-refractivity contribution in [3.63, 3.8) is 0 Å². The zero-order valence-corrected chi connectivity index (χ0v) is 49.6. The second-order valence-electron chi connectivity index (χ2n) is 22.5. The first-order chi connectivity index (χ1) is 36.4. The normalized spacial score (nSPS) is 11.3. The highest BCUT2D eigenvalue weighted by Gasteiger charge is 2.26. The van der Waals surface area contributed by atoms with E-state index in [9.17, 15) is 19.2 Å². The first-order valence-electron chi connectivity index (χ1n) is 32.7. The summed E-state index contributed by atoms with van der Waals surface area (Å²) in [5, 5.41) is 12.3. The molecule has 1 aromatic carbocycles. The van der Waals surface area contributed by atoms with Crippen molar-refractivity contribution in [3.05, 3.63) is 34.4 Å². The van der Waals surface area contributed by atoms with Gasteiger partial charge in [-0.15, -0.1) is 0 Å². The van der Waals surface area contributed by atoms with E-state index in [0.717, 1.165) is 77.0 Å². The van der Waals surface area contributed by atoms with Crippen molar-refractivity contribution in [2.24, 2.45) is 0 Å². The molecule has 0 aromatic heterocycles. The van der Waals surface area contributed by atoms with Crippen LogP contribution in [0, 0.1) is 0 Å². The molecule has 430 valence electrons. The third-order valence-electron chi connectivity index (χ3n) is 15.4. The molecule has 0 spiro atoms. The average Bonchev–Trinajstić information content (AvgIpc) is 3.41. The summed E-state index contributed by atoms with van der Waals surface area (Å²) in [6.07, 6.45) is 59.4. The molecule has 0 radical (unpaired) electrons. The lowest BCUT2D eigenvalue weighted by Gasteiger charge is -2.17. The van der Waals surface area contributed by atoms with Crippen LogP contribution in [0.5, 0.6) is 0 Å². The summed E-state index contributed by atoms with van der Waals surface area (Å²) in [5.74, 6) is -1.49. The van der Waals surface area contributed by atoms with E-state index in [1.807, 2.05) is 0 Å². The molecule has 0 saturated heterocycles. The Bertz CT molecular complexity index is 1250. The van der Waals surface area contributed by atoms with Gasteiger partial charge in [0.05, 0.1) is 22.3 Å². The summed E-state index contributed by atoms with van der Waals surface area (Å²) in [4.78, 5) is 56.3. The lowest BCUT2D eigenvalue weighted by molar-refractivity contribution is 0.0907. The minimum atomic E-state index is -0.373. The van der Waals surface area contributed by atoms with Gasteiger partial charge in [-0.1, -0.05) is 310 Å². The fraction of sp³-hybridized carbons (Fsp3) is 0.848. The van der Waals surface area contributed by atoms with Crippen molar-refractivity contribution in [2.45, 2.75) is 336 Å². The average molecular weight is 1040 g/mol. The molecule has 0 fully saturated rings. The van der Waals surface area contributed by atoms with Crippen LogP contribution < -0.4 is 21.3 Å². The third-order valence-corrected chi connectivity index (χ3v) is 15.4. The molecule has 8 nitrogen and oxygen atoms in total. The van der Waals surface area contributed by atoms with E-state index < -0.39 is 0 Å². The summed E-state index contributed by atoms with van der Waals surface area (Å²) >= 11 is 0. The highest BCUT2D eigenvalue weighted by molar-refractivity contribution is 6.14. The van der Waals surface area contributed by atoms with Gasteiger partial charge in [-0.05, 0) is 37.8 Å². The summed E-state index contributed by atoms with van der Waals surface area (Å²) in [7, 11) is 0. The van der Waals surface area contributed by atoms with E-state index in [2.05, 4.69) is 49.0 Å². The number of benzene rings is 1. The monoisotopic (exact) mass is 1030 g/mol. The summed E-state index contributed by atoms with van der Waals surface area (Å²) < 4.78 is 0. The van der Waals surface area contributed by atoms with Gasteiger partial charge in [0.2, 0.25) is 0 Å². The van der Waals surface area contributed by atoms with E-state index in [1.165, 1.54) is 243 Å². The van der Waals surface area contributed by atoms with Crippen molar-refractivity contribution in [1.29, 1.82) is 0 Å². The molecular weight excluding hydrogens is 913 g/mol. The van der Waals surface area contributed by atoms with E-state index in [1.54, 1.807) is 0 Å². The lowest BCUT2D eigenvalue weighted by Crippen LogP contribution is -2.34. The van der Waals surface area contributed by atoms with Gasteiger partial charge in [-0.2, -0.15) is 0 Å². The van der Waals surface area contributed by atoms with E-state index in [0.29, 0.717) is 26.2 Å². The number of nitrogens with one attached hydrogen (secondary N) is 4. The second kappa shape index (κ2) is 53.5. The smallest absolute Gasteiger partial charge is 0.252 e. The van der Waals surface area contributed by atoms with Crippen LogP contribution in [0.15, 0.2) is 12.1 Å². The summed E-state index contributed by atoms with van der Waals surface area (Å²) in [6.45, 7) is 11.1. The highest BCUT2D eigenvalue weighted by Crippen LogP contribution is 2.21. The largest absolute Gasteiger partial charge is 0.352 e. The Labute approximate surface area is 458 Å². The fourth-order valence-corrected chi connectivity index (χ4v) is 10.4. The maximum absolute atomic E-state index is 14.1. The number of carbonyl (C=O) groups is 4. The summed E-state index contributed by atoms with van der Waals surface area (Å²) in [6, 6.07) is 3.04. The Balaban J connectivity index is 3.02. The van der Waals surface area contributed by atoms with E-state index >= 15 is 0 Å². The molecule has 0 unspecified atom stereocenters. The van der Waals surface area contributed by atoms with Crippen LogP contribution in [-0.2, 0) is 0 Å². The Morgan fingerprint density at radius 3 is 0.473 bits per heavy atom. The molecule has 0 heterocycles. The van der Waals surface area contributed by atoms with Crippen LogP contribution in [0.4, 0.5) is 0 Å². The minimum absolute atomic E-state index is 0.157. The summed E-state index contributed by atoms with van der Waals surface area (Å²) in [5.41, 5.74) is 0.626.